The first-order valence-corrected chi connectivity index (χ1v) is 9.51. The van der Waals surface area contributed by atoms with Crippen molar-refractivity contribution in [2.45, 2.75) is 64.7 Å². The Balaban J connectivity index is 3.35. The van der Waals surface area contributed by atoms with Crippen LogP contribution in [0.2, 0.25) is 0 Å². The molecule has 0 heterocycles. The highest BCUT2D eigenvalue weighted by Crippen LogP contribution is 2.07. The summed E-state index contributed by atoms with van der Waals surface area (Å²) in [6, 6.07) is 0. The van der Waals surface area contributed by atoms with E-state index in [1.165, 1.54) is 52.1 Å². The average molecular weight is 325 g/mol. The summed E-state index contributed by atoms with van der Waals surface area (Å²) >= 11 is 1.63. The van der Waals surface area contributed by atoms with Crippen molar-refractivity contribution in [1.29, 1.82) is 0 Å². The molecule has 0 aliphatic heterocycles. The number of carbonyl (C=O) groups excluding carboxylic acids is 1. The van der Waals surface area contributed by atoms with Gasteiger partial charge in [0.15, 0.2) is 0 Å². The summed E-state index contributed by atoms with van der Waals surface area (Å²) < 4.78 is 4.58. The molecule has 22 heavy (non-hydrogen) atoms. The summed E-state index contributed by atoms with van der Waals surface area (Å²) in [5.41, 5.74) is 0. The zero-order chi connectivity index (χ0) is 16.3. The number of hydrogen-bond acceptors (Lipinski definition) is 3. The Morgan fingerprint density at radius 3 is 2.55 bits per heavy atom. The highest BCUT2D eigenvalue weighted by atomic mass is 32.2. The van der Waals surface area contributed by atoms with Gasteiger partial charge in [0, 0.05) is 5.75 Å². The number of thioether (sulfide) groups is 1. The van der Waals surface area contributed by atoms with Crippen molar-refractivity contribution in [2.75, 3.05) is 12.9 Å². The molecule has 0 radical (unpaired) electrons. The number of rotatable bonds is 14. The zero-order valence-corrected chi connectivity index (χ0v) is 15.1. The summed E-state index contributed by atoms with van der Waals surface area (Å²) in [4.78, 5) is 10.9. The third kappa shape index (κ3) is 17.1. The van der Waals surface area contributed by atoms with Gasteiger partial charge in [0.25, 0.3) is 0 Å². The van der Waals surface area contributed by atoms with Gasteiger partial charge < -0.3 is 4.74 Å². The molecule has 3 heteroatoms. The van der Waals surface area contributed by atoms with Gasteiger partial charge in [0.05, 0.1) is 13.5 Å². The van der Waals surface area contributed by atoms with Gasteiger partial charge in [-0.3, -0.25) is 4.79 Å². The SMILES string of the molecule is CCCCCCCC/C=C\C/C=C\C=C\SCCC(=O)OC. The van der Waals surface area contributed by atoms with Crippen LogP contribution in [0, 0.1) is 0 Å². The van der Waals surface area contributed by atoms with E-state index >= 15 is 0 Å². The molecule has 0 spiro atoms. The Labute approximate surface area is 141 Å². The summed E-state index contributed by atoms with van der Waals surface area (Å²) in [6.07, 6.45) is 21.6. The molecule has 0 aromatic carbocycles. The molecule has 0 amide bonds. The largest absolute Gasteiger partial charge is 0.469 e. The van der Waals surface area contributed by atoms with Crippen molar-refractivity contribution in [3.05, 3.63) is 35.8 Å². The van der Waals surface area contributed by atoms with E-state index in [2.05, 4.69) is 36.0 Å². The van der Waals surface area contributed by atoms with Crippen molar-refractivity contribution < 1.29 is 9.53 Å². The summed E-state index contributed by atoms with van der Waals surface area (Å²) in [6.45, 7) is 2.26. The molecule has 0 bridgehead atoms. The van der Waals surface area contributed by atoms with E-state index in [0.29, 0.717) is 6.42 Å². The Bertz CT molecular complexity index is 332. The van der Waals surface area contributed by atoms with E-state index in [-0.39, 0.29) is 5.97 Å². The first kappa shape index (κ1) is 21.0. The van der Waals surface area contributed by atoms with Crippen molar-refractivity contribution >= 4 is 17.7 Å². The quantitative estimate of drug-likeness (QED) is 0.168. The van der Waals surface area contributed by atoms with E-state index < -0.39 is 0 Å². The van der Waals surface area contributed by atoms with Crippen LogP contribution in [0.15, 0.2) is 35.8 Å². The van der Waals surface area contributed by atoms with E-state index in [9.17, 15) is 4.79 Å². The third-order valence-electron chi connectivity index (χ3n) is 3.24. The molecule has 0 N–H and O–H groups in total. The first-order chi connectivity index (χ1) is 10.8. The third-order valence-corrected chi connectivity index (χ3v) is 4.03. The van der Waals surface area contributed by atoms with E-state index in [4.69, 9.17) is 0 Å². The number of esters is 1. The molecule has 0 aliphatic carbocycles. The number of methoxy groups -OCH3 is 1. The van der Waals surface area contributed by atoms with Crippen LogP contribution < -0.4 is 0 Å². The van der Waals surface area contributed by atoms with Crippen molar-refractivity contribution in [3.63, 3.8) is 0 Å². The lowest BCUT2D eigenvalue weighted by Gasteiger charge is -1.97. The fourth-order valence-electron chi connectivity index (χ4n) is 1.91. The van der Waals surface area contributed by atoms with Gasteiger partial charge in [0.1, 0.15) is 0 Å². The second kappa shape index (κ2) is 18.1. The molecule has 2 nitrogen and oxygen atoms in total. The summed E-state index contributed by atoms with van der Waals surface area (Å²) in [5, 5.41) is 2.01. The maximum absolute atomic E-state index is 10.9. The van der Waals surface area contributed by atoms with Gasteiger partial charge in [0.2, 0.25) is 0 Å². The number of ether oxygens (including phenoxy) is 1. The van der Waals surface area contributed by atoms with Crippen LogP contribution in [0.1, 0.15) is 64.7 Å². The lowest BCUT2D eigenvalue weighted by atomic mass is 10.1. The van der Waals surface area contributed by atoms with Gasteiger partial charge >= 0.3 is 5.97 Å². The van der Waals surface area contributed by atoms with Gasteiger partial charge in [-0.05, 0) is 24.7 Å². The Kier molecular flexibility index (Phi) is 17.3. The highest BCUT2D eigenvalue weighted by molar-refractivity contribution is 8.02. The van der Waals surface area contributed by atoms with Crippen LogP contribution in [0.4, 0.5) is 0 Å². The second-order valence-corrected chi connectivity index (χ2v) is 6.23. The fraction of sp³-hybridized carbons (Fsp3) is 0.632. The summed E-state index contributed by atoms with van der Waals surface area (Å²) in [5.74, 6) is 0.627. The average Bonchev–Trinajstić information content (AvgIpc) is 2.54. The van der Waals surface area contributed by atoms with Gasteiger partial charge in [-0.1, -0.05) is 69.4 Å². The number of allylic oxidation sites excluding steroid dienone is 5. The molecule has 0 atom stereocenters. The van der Waals surface area contributed by atoms with Crippen LogP contribution in [-0.2, 0) is 9.53 Å². The Hall–Kier alpha value is -0.960. The molecule has 126 valence electrons. The molecule has 0 fully saturated rings. The molecule has 0 saturated carbocycles. The predicted molar refractivity (Wildman–Crippen MR) is 99.1 cm³/mol. The minimum absolute atomic E-state index is 0.146. The molecule has 0 aliphatic rings. The van der Waals surface area contributed by atoms with Crippen LogP contribution in [-0.4, -0.2) is 18.8 Å². The fourth-order valence-corrected chi connectivity index (χ4v) is 2.53. The van der Waals surface area contributed by atoms with Crippen LogP contribution in [0.3, 0.4) is 0 Å². The van der Waals surface area contributed by atoms with Gasteiger partial charge in [-0.15, -0.1) is 11.8 Å². The standard InChI is InChI=1S/C19H32O2S/c1-3-4-5-6-7-8-9-10-11-12-13-14-15-17-22-18-16-19(20)21-2/h10-11,13-15,17H,3-9,12,16,18H2,1-2H3/b11-10-,14-13-,17-15+. The molecule has 0 aromatic heterocycles. The van der Waals surface area contributed by atoms with Gasteiger partial charge in [-0.2, -0.15) is 0 Å². The number of carbonyl (C=O) groups is 1. The Morgan fingerprint density at radius 1 is 1.00 bits per heavy atom. The maximum atomic E-state index is 10.9. The minimum atomic E-state index is -0.146. The van der Waals surface area contributed by atoms with Crippen molar-refractivity contribution in [2.24, 2.45) is 0 Å². The van der Waals surface area contributed by atoms with Crippen LogP contribution in [0.25, 0.3) is 0 Å². The maximum Gasteiger partial charge on any atom is 0.306 e. The lowest BCUT2D eigenvalue weighted by molar-refractivity contribution is -0.140. The monoisotopic (exact) mass is 324 g/mol. The lowest BCUT2D eigenvalue weighted by Crippen LogP contribution is -2.00. The minimum Gasteiger partial charge on any atom is -0.469 e. The van der Waals surface area contributed by atoms with Crippen molar-refractivity contribution in [3.8, 4) is 0 Å². The molecular formula is C19H32O2S. The number of hydrogen-bond donors (Lipinski definition) is 0. The molecule has 0 saturated heterocycles. The number of unbranched alkanes of at least 4 members (excludes halogenated alkanes) is 6. The summed E-state index contributed by atoms with van der Waals surface area (Å²) in [7, 11) is 1.42. The molecule has 0 aromatic rings. The van der Waals surface area contributed by atoms with E-state index in [1.807, 2.05) is 11.5 Å². The van der Waals surface area contributed by atoms with Gasteiger partial charge in [-0.25, -0.2) is 0 Å². The highest BCUT2D eigenvalue weighted by Gasteiger charge is 1.96. The Morgan fingerprint density at radius 2 is 1.77 bits per heavy atom. The predicted octanol–water partition coefficient (Wildman–Crippen LogP) is 6.05. The smallest absolute Gasteiger partial charge is 0.306 e. The zero-order valence-electron chi connectivity index (χ0n) is 14.3. The van der Waals surface area contributed by atoms with Crippen LogP contribution in [0.5, 0.6) is 0 Å². The van der Waals surface area contributed by atoms with Crippen LogP contribution >= 0.6 is 11.8 Å². The normalized spacial score (nSPS) is 11.9. The topological polar surface area (TPSA) is 26.3 Å². The molecule has 0 unspecified atom stereocenters. The van der Waals surface area contributed by atoms with E-state index in [0.717, 1.165) is 12.2 Å². The van der Waals surface area contributed by atoms with E-state index in [1.54, 1.807) is 11.8 Å². The van der Waals surface area contributed by atoms with Crippen molar-refractivity contribution in [1.82, 2.24) is 0 Å². The molecular weight excluding hydrogens is 292 g/mol. The second-order valence-electron chi connectivity index (χ2n) is 5.22. The first-order valence-electron chi connectivity index (χ1n) is 8.46. The molecule has 0 rings (SSSR count).